The maximum Gasteiger partial charge on any atom is 0.223 e. The molecule has 0 saturated heterocycles. The van der Waals surface area contributed by atoms with Gasteiger partial charge in [0, 0.05) is 30.2 Å². The maximum absolute atomic E-state index is 12.4. The van der Waals surface area contributed by atoms with Crippen LogP contribution in [-0.2, 0) is 11.2 Å². The lowest BCUT2D eigenvalue weighted by Crippen LogP contribution is -2.36. The van der Waals surface area contributed by atoms with Crippen LogP contribution in [0.1, 0.15) is 24.8 Å². The largest absolute Gasteiger partial charge is 0.496 e. The van der Waals surface area contributed by atoms with Gasteiger partial charge in [-0.15, -0.1) is 0 Å². The summed E-state index contributed by atoms with van der Waals surface area (Å²) in [4.78, 5) is 12.4. The van der Waals surface area contributed by atoms with Crippen LogP contribution in [0.5, 0.6) is 17.2 Å². The number of ether oxygens (including phenoxy) is 3. The first-order valence-corrected chi connectivity index (χ1v) is 8.41. The molecule has 6 heteroatoms. The molecule has 1 saturated carbocycles. The summed E-state index contributed by atoms with van der Waals surface area (Å²) in [5.41, 5.74) is 6.68. The molecule has 1 amide bonds. The quantitative estimate of drug-likeness (QED) is 0.756. The summed E-state index contributed by atoms with van der Waals surface area (Å²) in [5.74, 6) is 2.54. The highest BCUT2D eigenvalue weighted by molar-refractivity contribution is 5.79. The van der Waals surface area contributed by atoms with Crippen molar-refractivity contribution in [1.82, 2.24) is 5.32 Å². The molecule has 1 aliphatic rings. The van der Waals surface area contributed by atoms with Gasteiger partial charge in [0.2, 0.25) is 5.91 Å². The van der Waals surface area contributed by atoms with Crippen LogP contribution in [0, 0.1) is 11.8 Å². The van der Waals surface area contributed by atoms with Crippen molar-refractivity contribution in [2.45, 2.75) is 25.7 Å². The van der Waals surface area contributed by atoms with Gasteiger partial charge < -0.3 is 25.3 Å². The van der Waals surface area contributed by atoms with Crippen LogP contribution >= 0.6 is 0 Å². The molecule has 0 unspecified atom stereocenters. The molecule has 2 rings (SSSR count). The molecule has 134 valence electrons. The monoisotopic (exact) mass is 336 g/mol. The van der Waals surface area contributed by atoms with Crippen LogP contribution in [0.15, 0.2) is 12.1 Å². The molecular formula is C18H28N2O4. The Morgan fingerprint density at radius 2 is 1.83 bits per heavy atom. The van der Waals surface area contributed by atoms with E-state index in [0.717, 1.165) is 24.8 Å². The number of hydrogen-bond acceptors (Lipinski definition) is 5. The number of benzene rings is 1. The lowest BCUT2D eigenvalue weighted by molar-refractivity contribution is -0.125. The van der Waals surface area contributed by atoms with Crippen molar-refractivity contribution in [2.24, 2.45) is 17.6 Å². The summed E-state index contributed by atoms with van der Waals surface area (Å²) in [6, 6.07) is 3.64. The van der Waals surface area contributed by atoms with Crippen molar-refractivity contribution in [3.63, 3.8) is 0 Å². The summed E-state index contributed by atoms with van der Waals surface area (Å²) in [6.07, 6.45) is 3.69. The summed E-state index contributed by atoms with van der Waals surface area (Å²) >= 11 is 0. The van der Waals surface area contributed by atoms with E-state index in [1.165, 1.54) is 0 Å². The molecule has 0 heterocycles. The van der Waals surface area contributed by atoms with Gasteiger partial charge in [-0.25, -0.2) is 0 Å². The van der Waals surface area contributed by atoms with E-state index in [1.807, 2.05) is 12.1 Å². The molecule has 24 heavy (non-hydrogen) atoms. The van der Waals surface area contributed by atoms with Crippen molar-refractivity contribution >= 4 is 5.91 Å². The van der Waals surface area contributed by atoms with E-state index in [-0.39, 0.29) is 11.8 Å². The van der Waals surface area contributed by atoms with Gasteiger partial charge in [-0.3, -0.25) is 4.79 Å². The molecule has 3 N–H and O–H groups in total. The van der Waals surface area contributed by atoms with Gasteiger partial charge in [-0.05, 0) is 31.7 Å². The number of carbonyl (C=O) groups excluding carboxylic acids is 1. The third kappa shape index (κ3) is 4.12. The minimum atomic E-state index is 0.0506. The van der Waals surface area contributed by atoms with Crippen molar-refractivity contribution in [3.8, 4) is 17.2 Å². The summed E-state index contributed by atoms with van der Waals surface area (Å²) < 4.78 is 16.1. The SMILES string of the molecule is COc1cc(OC)c(CCNC(=O)[C@@H]2CCC[C@@H]2CN)c(OC)c1. The van der Waals surface area contributed by atoms with Crippen molar-refractivity contribution in [1.29, 1.82) is 0 Å². The second-order valence-electron chi connectivity index (χ2n) is 6.08. The predicted octanol–water partition coefficient (Wildman–Crippen LogP) is 1.75. The zero-order valence-electron chi connectivity index (χ0n) is 14.8. The van der Waals surface area contributed by atoms with Gasteiger partial charge in [0.15, 0.2) is 0 Å². The first-order valence-electron chi connectivity index (χ1n) is 8.41. The van der Waals surface area contributed by atoms with Crippen LogP contribution < -0.4 is 25.3 Å². The Morgan fingerprint density at radius 3 is 2.38 bits per heavy atom. The number of hydrogen-bond donors (Lipinski definition) is 2. The smallest absolute Gasteiger partial charge is 0.223 e. The molecule has 0 aromatic heterocycles. The Balaban J connectivity index is 2.00. The molecule has 1 aliphatic carbocycles. The van der Waals surface area contributed by atoms with E-state index in [4.69, 9.17) is 19.9 Å². The van der Waals surface area contributed by atoms with Crippen LogP contribution in [0.4, 0.5) is 0 Å². The normalized spacial score (nSPS) is 19.8. The third-order valence-corrected chi connectivity index (χ3v) is 4.79. The fourth-order valence-electron chi connectivity index (χ4n) is 3.43. The van der Waals surface area contributed by atoms with Crippen LogP contribution in [-0.4, -0.2) is 40.3 Å². The predicted molar refractivity (Wildman–Crippen MR) is 92.7 cm³/mol. The molecule has 1 fully saturated rings. The minimum absolute atomic E-state index is 0.0506. The van der Waals surface area contributed by atoms with Gasteiger partial charge in [-0.2, -0.15) is 0 Å². The van der Waals surface area contributed by atoms with Gasteiger partial charge in [0.1, 0.15) is 17.2 Å². The number of rotatable bonds is 8. The molecule has 1 aromatic carbocycles. The highest BCUT2D eigenvalue weighted by Gasteiger charge is 2.31. The first-order chi connectivity index (χ1) is 11.6. The van der Waals surface area contributed by atoms with Crippen LogP contribution in [0.25, 0.3) is 0 Å². The lowest BCUT2D eigenvalue weighted by atomic mass is 9.95. The number of nitrogens with two attached hydrogens (primary N) is 1. The van der Waals surface area contributed by atoms with Gasteiger partial charge >= 0.3 is 0 Å². The van der Waals surface area contributed by atoms with E-state index in [1.54, 1.807) is 21.3 Å². The lowest BCUT2D eigenvalue weighted by Gasteiger charge is -2.18. The number of amides is 1. The molecule has 1 aromatic rings. The highest BCUT2D eigenvalue weighted by Crippen LogP contribution is 2.34. The summed E-state index contributed by atoms with van der Waals surface area (Å²) in [6.45, 7) is 1.11. The Morgan fingerprint density at radius 1 is 1.17 bits per heavy atom. The molecule has 0 aliphatic heterocycles. The van der Waals surface area contributed by atoms with E-state index < -0.39 is 0 Å². The van der Waals surface area contributed by atoms with E-state index in [2.05, 4.69) is 5.32 Å². The van der Waals surface area contributed by atoms with Gasteiger partial charge in [0.05, 0.1) is 21.3 Å². The van der Waals surface area contributed by atoms with Crippen LogP contribution in [0.2, 0.25) is 0 Å². The zero-order chi connectivity index (χ0) is 17.5. The van der Waals surface area contributed by atoms with Gasteiger partial charge in [0.25, 0.3) is 0 Å². The number of carbonyl (C=O) groups is 1. The van der Waals surface area contributed by atoms with Crippen molar-refractivity contribution in [3.05, 3.63) is 17.7 Å². The molecule has 0 bridgehead atoms. The fraction of sp³-hybridized carbons (Fsp3) is 0.611. The second kappa shape index (κ2) is 8.78. The zero-order valence-corrected chi connectivity index (χ0v) is 14.8. The number of methoxy groups -OCH3 is 3. The topological polar surface area (TPSA) is 82.8 Å². The van der Waals surface area contributed by atoms with Crippen molar-refractivity contribution in [2.75, 3.05) is 34.4 Å². The average molecular weight is 336 g/mol. The Kier molecular flexibility index (Phi) is 6.73. The Hall–Kier alpha value is -1.95. The molecule has 0 spiro atoms. The van der Waals surface area contributed by atoms with E-state index in [0.29, 0.717) is 42.7 Å². The standard InChI is InChI=1S/C18H28N2O4/c1-22-13-9-16(23-2)15(17(10-13)24-3)7-8-20-18(21)14-6-4-5-12(14)11-19/h9-10,12,14H,4-8,11,19H2,1-3H3,(H,20,21)/t12-,14-/m1/s1. The van der Waals surface area contributed by atoms with E-state index in [9.17, 15) is 4.79 Å². The van der Waals surface area contributed by atoms with E-state index >= 15 is 0 Å². The Bertz CT molecular complexity index is 537. The van der Waals surface area contributed by atoms with Crippen LogP contribution in [0.3, 0.4) is 0 Å². The second-order valence-corrected chi connectivity index (χ2v) is 6.08. The molecule has 0 radical (unpaired) electrons. The summed E-state index contributed by atoms with van der Waals surface area (Å²) in [7, 11) is 4.82. The summed E-state index contributed by atoms with van der Waals surface area (Å²) in [5, 5.41) is 3.03. The molecular weight excluding hydrogens is 308 g/mol. The third-order valence-electron chi connectivity index (χ3n) is 4.79. The maximum atomic E-state index is 12.4. The highest BCUT2D eigenvalue weighted by atomic mass is 16.5. The first kappa shape index (κ1) is 18.4. The number of nitrogens with one attached hydrogen (secondary N) is 1. The average Bonchev–Trinajstić information content (AvgIpc) is 3.10. The fourth-order valence-corrected chi connectivity index (χ4v) is 3.43. The van der Waals surface area contributed by atoms with Crippen molar-refractivity contribution < 1.29 is 19.0 Å². The van der Waals surface area contributed by atoms with Gasteiger partial charge in [-0.1, -0.05) is 6.42 Å². The Labute approximate surface area is 143 Å². The molecule has 2 atom stereocenters. The molecule has 6 nitrogen and oxygen atoms in total. The minimum Gasteiger partial charge on any atom is -0.496 e.